The molecular formula is C29H33ClFN5O4. The normalized spacial score (nSPS) is 23.3. The number of piperazine rings is 1. The van der Waals surface area contributed by atoms with E-state index in [4.69, 9.17) is 21.3 Å². The molecule has 1 aromatic heterocycles. The van der Waals surface area contributed by atoms with Crippen molar-refractivity contribution in [1.82, 2.24) is 19.7 Å². The zero-order chi connectivity index (χ0) is 28.6. The zero-order valence-electron chi connectivity index (χ0n) is 22.9. The number of aromatic nitrogens is 1. The van der Waals surface area contributed by atoms with Crippen molar-refractivity contribution in [2.75, 3.05) is 64.4 Å². The van der Waals surface area contributed by atoms with Gasteiger partial charge in [0, 0.05) is 51.2 Å². The van der Waals surface area contributed by atoms with Gasteiger partial charge in [0.1, 0.15) is 40.3 Å². The number of nitrogens with zero attached hydrogens (tertiary/aromatic N) is 5. The Hall–Kier alpha value is -3.37. The van der Waals surface area contributed by atoms with Gasteiger partial charge in [0.25, 0.3) is 5.91 Å². The second-order valence-corrected chi connectivity index (χ2v) is 12.5. The van der Waals surface area contributed by atoms with Gasteiger partial charge in [-0.15, -0.1) is 0 Å². The molecule has 0 unspecified atom stereocenters. The molecular weight excluding hydrogens is 537 g/mol. The molecule has 3 fully saturated rings. The predicted molar refractivity (Wildman–Crippen MR) is 149 cm³/mol. The second kappa shape index (κ2) is 9.34. The summed E-state index contributed by atoms with van der Waals surface area (Å²) in [5.74, 6) is -1.00. The highest BCUT2D eigenvalue weighted by molar-refractivity contribution is 6.35. The number of aromatic hydroxyl groups is 1. The number of hydrogen-bond donors (Lipinski definition) is 1. The molecule has 4 aliphatic heterocycles. The van der Waals surface area contributed by atoms with E-state index >= 15 is 4.39 Å². The van der Waals surface area contributed by atoms with Crippen molar-refractivity contribution < 1.29 is 23.8 Å². The summed E-state index contributed by atoms with van der Waals surface area (Å²) in [6.07, 6.45) is 1.26. The fourth-order valence-electron chi connectivity index (χ4n) is 6.86. The van der Waals surface area contributed by atoms with Gasteiger partial charge in [0.2, 0.25) is 5.91 Å². The molecule has 40 heavy (non-hydrogen) atoms. The Morgan fingerprint density at radius 2 is 1.98 bits per heavy atom. The summed E-state index contributed by atoms with van der Waals surface area (Å²) < 4.78 is 21.4. The molecule has 2 amide bonds. The summed E-state index contributed by atoms with van der Waals surface area (Å²) >= 11 is 6.85. The van der Waals surface area contributed by atoms with Crippen molar-refractivity contribution in [3.63, 3.8) is 0 Å². The van der Waals surface area contributed by atoms with Crippen LogP contribution in [0.2, 0.25) is 5.02 Å². The van der Waals surface area contributed by atoms with Crippen LogP contribution in [0.5, 0.6) is 11.5 Å². The van der Waals surface area contributed by atoms with Gasteiger partial charge in [-0.25, -0.2) is 9.37 Å². The minimum absolute atomic E-state index is 0.00406. The van der Waals surface area contributed by atoms with E-state index in [9.17, 15) is 14.7 Å². The Bertz CT molecular complexity index is 1410. The first-order chi connectivity index (χ1) is 19.0. The topological polar surface area (TPSA) is 89.5 Å². The molecule has 0 saturated carbocycles. The van der Waals surface area contributed by atoms with Crippen LogP contribution >= 0.6 is 11.6 Å². The van der Waals surface area contributed by atoms with Crippen LogP contribution in [-0.4, -0.2) is 102 Å². The second-order valence-electron chi connectivity index (χ2n) is 12.1. The minimum Gasteiger partial charge on any atom is -0.507 e. The van der Waals surface area contributed by atoms with Gasteiger partial charge in [-0.1, -0.05) is 38.1 Å². The fraction of sp³-hybridized carbons (Fsp3) is 0.483. The number of anilines is 1. The number of rotatable bonds is 3. The van der Waals surface area contributed by atoms with E-state index < -0.39 is 11.9 Å². The van der Waals surface area contributed by atoms with Gasteiger partial charge in [-0.05, 0) is 30.7 Å². The Kier molecular flexibility index (Phi) is 6.27. The van der Waals surface area contributed by atoms with Crippen LogP contribution in [0.1, 0.15) is 24.2 Å². The molecule has 0 bridgehead atoms. The van der Waals surface area contributed by atoms with Crippen molar-refractivity contribution in [3.8, 4) is 22.8 Å². The van der Waals surface area contributed by atoms with E-state index in [1.165, 1.54) is 24.3 Å². The highest BCUT2D eigenvalue weighted by Gasteiger charge is 2.58. The standard InChI is InChI=1S/C29H33ClFN5O4/c1-5-20(38)34-9-10-36-17(11-34)12-40-25-22(27(36)39)26(35-13-28(2,3)29(16-35)14-33(4)15-29)32-24(23(25)30)21-18(31)7-6-8-19(21)37/h5-8,17,37H,1,9-16H2,2-4H3/t17-/m1/s1. The van der Waals surface area contributed by atoms with E-state index in [2.05, 4.69) is 37.3 Å². The van der Waals surface area contributed by atoms with E-state index in [0.717, 1.165) is 13.1 Å². The summed E-state index contributed by atoms with van der Waals surface area (Å²) in [5.41, 5.74) is 0.0305. The van der Waals surface area contributed by atoms with Crippen molar-refractivity contribution in [3.05, 3.63) is 47.3 Å². The van der Waals surface area contributed by atoms with E-state index in [1.807, 2.05) is 0 Å². The SMILES string of the molecule is C=CC(=O)N1CCN2C(=O)c3c(N4CC(C)(C)C5(CN(C)C5)C4)nc(-c4c(O)cccc4F)c(Cl)c3OC[C@H]2C1. The van der Waals surface area contributed by atoms with E-state index in [1.54, 1.807) is 9.80 Å². The molecule has 1 N–H and O–H groups in total. The van der Waals surface area contributed by atoms with Gasteiger partial charge in [-0.3, -0.25) is 9.59 Å². The first-order valence-corrected chi connectivity index (χ1v) is 13.8. The molecule has 0 radical (unpaired) electrons. The number of fused-ring (bicyclic) bond motifs is 2. The van der Waals surface area contributed by atoms with Crippen LogP contribution in [0.4, 0.5) is 10.2 Å². The fourth-order valence-corrected chi connectivity index (χ4v) is 7.15. The highest BCUT2D eigenvalue weighted by Crippen LogP contribution is 2.54. The minimum atomic E-state index is -0.685. The maximum atomic E-state index is 15.1. The summed E-state index contributed by atoms with van der Waals surface area (Å²) in [6, 6.07) is 3.60. The third-order valence-corrected chi connectivity index (χ3v) is 9.48. The van der Waals surface area contributed by atoms with Gasteiger partial charge < -0.3 is 29.4 Å². The van der Waals surface area contributed by atoms with E-state index in [-0.39, 0.29) is 69.1 Å². The van der Waals surface area contributed by atoms with Crippen LogP contribution in [0.3, 0.4) is 0 Å². The molecule has 11 heteroatoms. The van der Waals surface area contributed by atoms with Gasteiger partial charge in [0.05, 0.1) is 11.6 Å². The molecule has 1 aromatic carbocycles. The van der Waals surface area contributed by atoms with Gasteiger partial charge in [-0.2, -0.15) is 0 Å². The smallest absolute Gasteiger partial charge is 0.261 e. The number of phenolic OH excluding ortho intramolecular Hbond substituents is 1. The summed E-state index contributed by atoms with van der Waals surface area (Å²) in [7, 11) is 2.09. The molecule has 1 atom stereocenters. The maximum Gasteiger partial charge on any atom is 0.261 e. The molecule has 5 heterocycles. The van der Waals surface area contributed by atoms with Crippen molar-refractivity contribution in [1.29, 1.82) is 0 Å². The number of likely N-dealkylation sites (tertiary alicyclic amines) is 1. The number of pyridine rings is 1. The maximum absolute atomic E-state index is 15.1. The number of carbonyl (C=O) groups is 2. The lowest BCUT2D eigenvalue weighted by atomic mass is 9.63. The van der Waals surface area contributed by atoms with Crippen LogP contribution in [0.25, 0.3) is 11.3 Å². The molecule has 2 aromatic rings. The molecule has 1 spiro atoms. The molecule has 3 saturated heterocycles. The number of ether oxygens (including phenoxy) is 1. The van der Waals surface area contributed by atoms with Crippen LogP contribution < -0.4 is 9.64 Å². The number of halogens is 2. The third kappa shape index (κ3) is 3.95. The molecule has 4 aliphatic rings. The Labute approximate surface area is 237 Å². The Morgan fingerprint density at radius 3 is 2.65 bits per heavy atom. The third-order valence-electron chi connectivity index (χ3n) is 9.13. The van der Waals surface area contributed by atoms with Crippen LogP contribution in [0.15, 0.2) is 30.9 Å². The monoisotopic (exact) mass is 569 g/mol. The number of amides is 2. The molecule has 212 valence electrons. The van der Waals surface area contributed by atoms with E-state index in [0.29, 0.717) is 32.0 Å². The lowest BCUT2D eigenvalue weighted by molar-refractivity contribution is -0.128. The lowest BCUT2D eigenvalue weighted by Gasteiger charge is -2.53. The van der Waals surface area contributed by atoms with Crippen molar-refractivity contribution in [2.24, 2.45) is 10.8 Å². The van der Waals surface area contributed by atoms with Gasteiger partial charge >= 0.3 is 0 Å². The Balaban J connectivity index is 1.50. The highest BCUT2D eigenvalue weighted by atomic mass is 35.5. The lowest BCUT2D eigenvalue weighted by Crippen LogP contribution is -2.61. The first kappa shape index (κ1) is 26.8. The largest absolute Gasteiger partial charge is 0.507 e. The molecule has 9 nitrogen and oxygen atoms in total. The van der Waals surface area contributed by atoms with Gasteiger partial charge in [0.15, 0.2) is 5.75 Å². The summed E-state index contributed by atoms with van der Waals surface area (Å²) in [4.78, 5) is 39.1. The zero-order valence-corrected chi connectivity index (χ0v) is 23.7. The predicted octanol–water partition coefficient (Wildman–Crippen LogP) is 3.26. The number of benzene rings is 1. The van der Waals surface area contributed by atoms with Crippen LogP contribution in [-0.2, 0) is 4.79 Å². The number of carbonyl (C=O) groups excluding carboxylic acids is 2. The quantitative estimate of drug-likeness (QED) is 0.568. The Morgan fingerprint density at radius 1 is 1.23 bits per heavy atom. The molecule has 6 rings (SSSR count). The number of phenols is 1. The van der Waals surface area contributed by atoms with Crippen molar-refractivity contribution >= 4 is 29.2 Å². The average molecular weight is 570 g/mol. The summed E-state index contributed by atoms with van der Waals surface area (Å²) in [6.45, 7) is 12.2. The first-order valence-electron chi connectivity index (χ1n) is 13.5. The van der Waals surface area contributed by atoms with Crippen molar-refractivity contribution in [2.45, 2.75) is 19.9 Å². The van der Waals surface area contributed by atoms with Crippen LogP contribution in [0, 0.1) is 16.6 Å². The average Bonchev–Trinajstić information content (AvgIpc) is 3.08. The number of hydrogen-bond acceptors (Lipinski definition) is 7. The molecule has 0 aliphatic carbocycles. The summed E-state index contributed by atoms with van der Waals surface area (Å²) in [5, 5.41) is 10.6.